The number of carbonyl (C=O) groups is 2. The topological polar surface area (TPSA) is 63.9 Å². The molecule has 0 unspecified atom stereocenters. The summed E-state index contributed by atoms with van der Waals surface area (Å²) in [4.78, 5) is 32.4. The lowest BCUT2D eigenvalue weighted by Gasteiger charge is -2.27. The Morgan fingerprint density at radius 1 is 1.33 bits per heavy atom. The lowest BCUT2D eigenvalue weighted by atomic mass is 9.93. The molecule has 0 saturated carbocycles. The van der Waals surface area contributed by atoms with Crippen LogP contribution in [0.25, 0.3) is 0 Å². The molecular weight excluding hydrogens is 362 g/mol. The Hall–Kier alpha value is -2.41. The van der Waals surface area contributed by atoms with Crippen molar-refractivity contribution in [2.45, 2.75) is 32.2 Å². The molecular formula is C20H25N3O3S. The molecule has 1 aliphatic rings. The van der Waals surface area contributed by atoms with Gasteiger partial charge in [-0.1, -0.05) is 25.5 Å². The summed E-state index contributed by atoms with van der Waals surface area (Å²) in [5.41, 5.74) is 0.946. The number of nitrogens with zero attached hydrogens (tertiary/aromatic N) is 3. The van der Waals surface area contributed by atoms with Crippen molar-refractivity contribution in [3.05, 3.63) is 46.2 Å². The molecule has 2 aromatic rings. The molecule has 1 aliphatic heterocycles. The van der Waals surface area contributed by atoms with E-state index in [9.17, 15) is 9.59 Å². The number of benzene rings is 1. The van der Waals surface area contributed by atoms with Crippen molar-refractivity contribution in [1.82, 2.24) is 9.47 Å². The maximum absolute atomic E-state index is 13.0. The van der Waals surface area contributed by atoms with Gasteiger partial charge in [-0.05, 0) is 24.1 Å². The van der Waals surface area contributed by atoms with E-state index < -0.39 is 5.92 Å². The van der Waals surface area contributed by atoms with Crippen molar-refractivity contribution in [2.24, 2.45) is 18.0 Å². The van der Waals surface area contributed by atoms with Crippen LogP contribution in [-0.4, -0.2) is 34.9 Å². The van der Waals surface area contributed by atoms with Crippen molar-refractivity contribution in [3.63, 3.8) is 0 Å². The van der Waals surface area contributed by atoms with E-state index in [0.29, 0.717) is 11.3 Å². The molecule has 3 rings (SSSR count). The average molecular weight is 388 g/mol. The van der Waals surface area contributed by atoms with Crippen LogP contribution in [0.1, 0.15) is 37.8 Å². The van der Waals surface area contributed by atoms with Gasteiger partial charge in [0.25, 0.3) is 5.91 Å². The van der Waals surface area contributed by atoms with Gasteiger partial charge in [-0.3, -0.25) is 9.59 Å². The van der Waals surface area contributed by atoms with Crippen LogP contribution in [0.5, 0.6) is 5.75 Å². The van der Waals surface area contributed by atoms with Crippen LogP contribution in [0.15, 0.2) is 40.8 Å². The van der Waals surface area contributed by atoms with Gasteiger partial charge in [0.05, 0.1) is 19.1 Å². The fourth-order valence-electron chi connectivity index (χ4n) is 3.43. The van der Waals surface area contributed by atoms with Gasteiger partial charge in [-0.2, -0.15) is 4.99 Å². The summed E-state index contributed by atoms with van der Waals surface area (Å²) in [5, 5.41) is 1.89. The van der Waals surface area contributed by atoms with Gasteiger partial charge in [0.2, 0.25) is 5.91 Å². The van der Waals surface area contributed by atoms with Gasteiger partial charge in [0, 0.05) is 31.6 Å². The van der Waals surface area contributed by atoms with Gasteiger partial charge in [0.1, 0.15) is 5.75 Å². The second-order valence-corrected chi connectivity index (χ2v) is 7.59. The van der Waals surface area contributed by atoms with Crippen molar-refractivity contribution < 1.29 is 14.3 Å². The molecule has 0 bridgehead atoms. The zero-order valence-corrected chi connectivity index (χ0v) is 16.7. The third-order valence-electron chi connectivity index (χ3n) is 4.92. The summed E-state index contributed by atoms with van der Waals surface area (Å²) >= 11 is 1.41. The largest absolute Gasteiger partial charge is 0.497 e. The van der Waals surface area contributed by atoms with E-state index in [0.717, 1.165) is 24.2 Å². The Morgan fingerprint density at radius 2 is 2.07 bits per heavy atom. The minimum Gasteiger partial charge on any atom is -0.497 e. The first kappa shape index (κ1) is 19.4. The zero-order chi connectivity index (χ0) is 19.4. The van der Waals surface area contributed by atoms with E-state index in [1.165, 1.54) is 11.3 Å². The first-order valence-corrected chi connectivity index (χ1v) is 10.0. The predicted octanol–water partition coefficient (Wildman–Crippen LogP) is 2.91. The number of amides is 2. The fraction of sp³-hybridized carbons (Fsp3) is 0.450. The number of hydrogen-bond donors (Lipinski definition) is 0. The average Bonchev–Trinajstić information content (AvgIpc) is 3.23. The molecule has 2 atom stereocenters. The summed E-state index contributed by atoms with van der Waals surface area (Å²) in [5.74, 6) is 0.0702. The molecule has 0 spiro atoms. The number of unbranched alkanes of at least 4 members (excludes halogenated alkanes) is 1. The van der Waals surface area contributed by atoms with E-state index >= 15 is 0 Å². The van der Waals surface area contributed by atoms with Crippen LogP contribution in [0.4, 0.5) is 0 Å². The van der Waals surface area contributed by atoms with Crippen molar-refractivity contribution >= 4 is 23.2 Å². The Bertz CT molecular complexity index is 869. The van der Waals surface area contributed by atoms with E-state index in [-0.39, 0.29) is 24.3 Å². The summed E-state index contributed by atoms with van der Waals surface area (Å²) in [7, 11) is 3.48. The van der Waals surface area contributed by atoms with E-state index in [1.807, 2.05) is 52.4 Å². The number of rotatable bonds is 6. The van der Waals surface area contributed by atoms with Gasteiger partial charge < -0.3 is 14.2 Å². The molecule has 144 valence electrons. The Morgan fingerprint density at radius 3 is 2.67 bits per heavy atom. The van der Waals surface area contributed by atoms with Crippen LogP contribution in [-0.2, 0) is 16.6 Å². The third-order valence-corrected chi connectivity index (χ3v) is 5.77. The number of aromatic nitrogens is 1. The highest BCUT2D eigenvalue weighted by molar-refractivity contribution is 7.07. The molecule has 1 fully saturated rings. The standard InChI is InChI=1S/C20H25N3O3S/c1-4-5-10-23-17(24)13-16(19(25)21-20-22(2)11-12-27-20)18(23)14-6-8-15(26-3)9-7-14/h6-9,11-12,16,18H,4-5,10,13H2,1-3H3/t16-,18+/m0/s1. The Kier molecular flexibility index (Phi) is 6.11. The molecule has 1 aromatic carbocycles. The lowest BCUT2D eigenvalue weighted by Crippen LogP contribution is -2.31. The maximum atomic E-state index is 13.0. The molecule has 0 radical (unpaired) electrons. The third kappa shape index (κ3) is 4.13. The molecule has 1 saturated heterocycles. The van der Waals surface area contributed by atoms with Crippen LogP contribution in [0.2, 0.25) is 0 Å². The number of methoxy groups -OCH3 is 1. The number of aryl methyl sites for hydroxylation is 1. The number of carbonyl (C=O) groups excluding carboxylic acids is 2. The predicted molar refractivity (Wildman–Crippen MR) is 104 cm³/mol. The summed E-state index contributed by atoms with van der Waals surface area (Å²) in [6, 6.07) is 7.33. The highest BCUT2D eigenvalue weighted by atomic mass is 32.1. The normalized spacial score (nSPS) is 20.3. The van der Waals surface area contributed by atoms with E-state index in [4.69, 9.17) is 4.74 Å². The van der Waals surface area contributed by atoms with E-state index in [1.54, 1.807) is 7.11 Å². The zero-order valence-electron chi connectivity index (χ0n) is 15.9. The van der Waals surface area contributed by atoms with Crippen LogP contribution in [0.3, 0.4) is 0 Å². The van der Waals surface area contributed by atoms with Crippen LogP contribution < -0.4 is 9.54 Å². The monoisotopic (exact) mass is 387 g/mol. The molecule has 2 heterocycles. The summed E-state index contributed by atoms with van der Waals surface area (Å²) in [6.45, 7) is 2.75. The second kappa shape index (κ2) is 8.52. The van der Waals surface area contributed by atoms with Gasteiger partial charge in [0.15, 0.2) is 4.80 Å². The van der Waals surface area contributed by atoms with Crippen molar-refractivity contribution in [2.75, 3.05) is 13.7 Å². The molecule has 6 nitrogen and oxygen atoms in total. The number of hydrogen-bond acceptors (Lipinski definition) is 4. The van der Waals surface area contributed by atoms with Crippen molar-refractivity contribution in [3.8, 4) is 5.75 Å². The molecule has 1 aromatic heterocycles. The van der Waals surface area contributed by atoms with Gasteiger partial charge in [-0.25, -0.2) is 0 Å². The number of ether oxygens (including phenoxy) is 1. The molecule has 7 heteroatoms. The first-order chi connectivity index (χ1) is 13.0. The van der Waals surface area contributed by atoms with Crippen LogP contribution in [0, 0.1) is 5.92 Å². The quantitative estimate of drug-likeness (QED) is 0.766. The molecule has 27 heavy (non-hydrogen) atoms. The molecule has 0 aliphatic carbocycles. The summed E-state index contributed by atoms with van der Waals surface area (Å²) < 4.78 is 7.05. The molecule has 2 amide bonds. The van der Waals surface area contributed by atoms with Gasteiger partial charge in [-0.15, -0.1) is 11.3 Å². The number of likely N-dealkylation sites (tertiary alicyclic amines) is 1. The van der Waals surface area contributed by atoms with Crippen LogP contribution >= 0.6 is 11.3 Å². The lowest BCUT2D eigenvalue weighted by molar-refractivity contribution is -0.129. The highest BCUT2D eigenvalue weighted by Gasteiger charge is 2.44. The van der Waals surface area contributed by atoms with Gasteiger partial charge >= 0.3 is 0 Å². The van der Waals surface area contributed by atoms with Crippen molar-refractivity contribution in [1.29, 1.82) is 0 Å². The Labute approximate surface area is 163 Å². The summed E-state index contributed by atoms with van der Waals surface area (Å²) in [6.07, 6.45) is 3.98. The highest BCUT2D eigenvalue weighted by Crippen LogP contribution is 2.39. The molecule has 0 N–H and O–H groups in total. The second-order valence-electron chi connectivity index (χ2n) is 6.72. The SMILES string of the molecule is CCCCN1C(=O)C[C@H](C(=O)N=c2sccn2C)[C@H]1c1ccc(OC)cc1. The first-order valence-electron chi connectivity index (χ1n) is 9.17. The van der Waals surface area contributed by atoms with E-state index in [2.05, 4.69) is 11.9 Å². The number of thiazole rings is 1. The smallest absolute Gasteiger partial charge is 0.254 e. The minimum atomic E-state index is -0.468. The minimum absolute atomic E-state index is 0.0216. The maximum Gasteiger partial charge on any atom is 0.254 e. The Balaban J connectivity index is 1.96. The fourth-order valence-corrected chi connectivity index (χ4v) is 4.16.